The third-order valence-corrected chi connectivity index (χ3v) is 5.32. The summed E-state index contributed by atoms with van der Waals surface area (Å²) >= 11 is 0. The Morgan fingerprint density at radius 1 is 1.25 bits per heavy atom. The van der Waals surface area contributed by atoms with E-state index in [1.807, 2.05) is 7.11 Å². The molecule has 16 heavy (non-hydrogen) atoms. The van der Waals surface area contributed by atoms with E-state index < -0.39 is 0 Å². The Hall–Kier alpha value is -0.660. The lowest BCUT2D eigenvalue weighted by atomic mass is 9.79. The predicted molar refractivity (Wildman–Crippen MR) is 62.7 cm³/mol. The highest BCUT2D eigenvalue weighted by molar-refractivity contribution is 5.27. The number of nitrogens with zero attached hydrogens (tertiary/aromatic N) is 1. The fraction of sp³-hybridized carbons (Fsp3) is 0.857. The molecule has 0 bridgehead atoms. The molecule has 4 unspecified atom stereocenters. The van der Waals surface area contributed by atoms with Crippen LogP contribution in [0.5, 0.6) is 0 Å². The second kappa shape index (κ2) is 3.18. The molecular formula is C14H21NO. The SMILES string of the molecule is COC1=C2CCCCC2C2C3CC3CCN12. The third kappa shape index (κ3) is 1.08. The van der Waals surface area contributed by atoms with Gasteiger partial charge in [-0.1, -0.05) is 6.42 Å². The molecule has 0 spiro atoms. The van der Waals surface area contributed by atoms with Crippen molar-refractivity contribution in [3.8, 4) is 0 Å². The van der Waals surface area contributed by atoms with E-state index >= 15 is 0 Å². The number of hydrogen-bond donors (Lipinski definition) is 0. The highest BCUT2D eigenvalue weighted by Gasteiger charge is 2.56. The van der Waals surface area contributed by atoms with Gasteiger partial charge >= 0.3 is 0 Å². The zero-order valence-electron chi connectivity index (χ0n) is 10.1. The predicted octanol–water partition coefficient (Wildman–Crippen LogP) is 2.76. The van der Waals surface area contributed by atoms with Gasteiger partial charge in [-0.15, -0.1) is 0 Å². The third-order valence-electron chi connectivity index (χ3n) is 5.32. The number of hydrogen-bond acceptors (Lipinski definition) is 2. The Morgan fingerprint density at radius 3 is 3.06 bits per heavy atom. The van der Waals surface area contributed by atoms with Gasteiger partial charge in [-0.2, -0.15) is 0 Å². The molecule has 88 valence electrons. The van der Waals surface area contributed by atoms with Crippen LogP contribution >= 0.6 is 0 Å². The molecule has 2 heterocycles. The minimum Gasteiger partial charge on any atom is -0.482 e. The zero-order chi connectivity index (χ0) is 10.7. The Bertz CT molecular complexity index is 341. The first-order valence-corrected chi connectivity index (χ1v) is 6.94. The molecule has 2 heteroatoms. The Balaban J connectivity index is 1.72. The van der Waals surface area contributed by atoms with E-state index in [2.05, 4.69) is 4.90 Å². The summed E-state index contributed by atoms with van der Waals surface area (Å²) in [6.07, 6.45) is 8.46. The van der Waals surface area contributed by atoms with Crippen molar-refractivity contribution in [3.63, 3.8) is 0 Å². The summed E-state index contributed by atoms with van der Waals surface area (Å²) in [5.74, 6) is 4.22. The molecule has 4 aliphatic rings. The Labute approximate surface area is 97.6 Å². The maximum absolute atomic E-state index is 5.72. The molecule has 0 amide bonds. The highest BCUT2D eigenvalue weighted by atomic mass is 16.5. The average Bonchev–Trinajstić information content (AvgIpc) is 3.04. The summed E-state index contributed by atoms with van der Waals surface area (Å²) < 4.78 is 5.72. The fourth-order valence-electron chi connectivity index (χ4n) is 4.57. The maximum atomic E-state index is 5.72. The van der Waals surface area contributed by atoms with E-state index in [9.17, 15) is 0 Å². The van der Waals surface area contributed by atoms with Gasteiger partial charge in [-0.05, 0) is 49.5 Å². The van der Waals surface area contributed by atoms with Crippen LogP contribution < -0.4 is 0 Å². The lowest BCUT2D eigenvalue weighted by Gasteiger charge is -2.36. The number of piperidine rings is 1. The summed E-state index contributed by atoms with van der Waals surface area (Å²) in [5, 5.41) is 0. The van der Waals surface area contributed by atoms with E-state index in [0.717, 1.165) is 23.8 Å². The van der Waals surface area contributed by atoms with E-state index in [1.54, 1.807) is 5.57 Å². The smallest absolute Gasteiger partial charge is 0.188 e. The lowest BCUT2D eigenvalue weighted by Crippen LogP contribution is -2.41. The molecule has 2 aliphatic carbocycles. The van der Waals surface area contributed by atoms with Crippen molar-refractivity contribution in [2.24, 2.45) is 17.8 Å². The van der Waals surface area contributed by atoms with Crippen molar-refractivity contribution in [2.45, 2.75) is 44.6 Å². The van der Waals surface area contributed by atoms with E-state index in [4.69, 9.17) is 4.74 Å². The first-order chi connectivity index (χ1) is 7.90. The first kappa shape index (κ1) is 9.38. The van der Waals surface area contributed by atoms with Crippen LogP contribution in [0.1, 0.15) is 38.5 Å². The van der Waals surface area contributed by atoms with Gasteiger partial charge in [0.25, 0.3) is 0 Å². The van der Waals surface area contributed by atoms with Crippen LogP contribution in [0.4, 0.5) is 0 Å². The number of ether oxygens (including phenoxy) is 1. The van der Waals surface area contributed by atoms with E-state index in [-0.39, 0.29) is 0 Å². The van der Waals surface area contributed by atoms with E-state index in [1.165, 1.54) is 51.0 Å². The second-order valence-corrected chi connectivity index (χ2v) is 6.02. The zero-order valence-corrected chi connectivity index (χ0v) is 10.1. The van der Waals surface area contributed by atoms with Crippen LogP contribution in [0, 0.1) is 17.8 Å². The standard InChI is InChI=1S/C14H21NO/c1-16-14-11-5-3-2-4-10(11)13-12-8-9(12)6-7-15(13)14/h9-10,12-13H,2-8H2,1H3. The lowest BCUT2D eigenvalue weighted by molar-refractivity contribution is 0.0900. The molecule has 0 aromatic heterocycles. The quantitative estimate of drug-likeness (QED) is 0.672. The van der Waals surface area contributed by atoms with Gasteiger partial charge in [0.05, 0.1) is 7.11 Å². The summed E-state index contributed by atoms with van der Waals surface area (Å²) in [5.41, 5.74) is 1.67. The number of fused-ring (bicyclic) bond motifs is 5. The molecule has 2 aliphatic heterocycles. The topological polar surface area (TPSA) is 12.5 Å². The van der Waals surface area contributed by atoms with Gasteiger partial charge in [0, 0.05) is 18.5 Å². The largest absolute Gasteiger partial charge is 0.482 e. The van der Waals surface area contributed by atoms with Gasteiger partial charge in [0.2, 0.25) is 0 Å². The molecule has 0 aromatic rings. The van der Waals surface area contributed by atoms with Crippen LogP contribution in [0.25, 0.3) is 0 Å². The van der Waals surface area contributed by atoms with Crippen LogP contribution in [-0.4, -0.2) is 24.6 Å². The average molecular weight is 219 g/mol. The molecular weight excluding hydrogens is 198 g/mol. The first-order valence-electron chi connectivity index (χ1n) is 6.94. The number of rotatable bonds is 1. The minimum absolute atomic E-state index is 0.837. The summed E-state index contributed by atoms with van der Waals surface area (Å²) in [7, 11) is 1.87. The van der Waals surface area contributed by atoms with Crippen molar-refractivity contribution in [3.05, 3.63) is 11.5 Å². The monoisotopic (exact) mass is 219 g/mol. The van der Waals surface area contributed by atoms with Crippen molar-refractivity contribution in [1.82, 2.24) is 4.90 Å². The molecule has 0 aromatic carbocycles. The van der Waals surface area contributed by atoms with Gasteiger partial charge in [0.15, 0.2) is 5.88 Å². The molecule has 1 saturated heterocycles. The Kier molecular flexibility index (Phi) is 1.86. The molecule has 0 radical (unpaired) electrons. The normalized spacial score (nSPS) is 44.9. The van der Waals surface area contributed by atoms with Crippen LogP contribution in [0.3, 0.4) is 0 Å². The van der Waals surface area contributed by atoms with Crippen molar-refractivity contribution < 1.29 is 4.74 Å². The minimum atomic E-state index is 0.837. The summed E-state index contributed by atoms with van der Waals surface area (Å²) in [6.45, 7) is 1.26. The fourth-order valence-corrected chi connectivity index (χ4v) is 4.57. The van der Waals surface area contributed by atoms with E-state index in [0.29, 0.717) is 0 Å². The molecule has 2 nitrogen and oxygen atoms in total. The van der Waals surface area contributed by atoms with Crippen LogP contribution in [-0.2, 0) is 4.74 Å². The molecule has 4 atom stereocenters. The summed E-state index contributed by atoms with van der Waals surface area (Å²) in [4.78, 5) is 2.62. The molecule has 4 rings (SSSR count). The van der Waals surface area contributed by atoms with Crippen LogP contribution in [0.2, 0.25) is 0 Å². The van der Waals surface area contributed by atoms with Crippen molar-refractivity contribution in [2.75, 3.05) is 13.7 Å². The second-order valence-electron chi connectivity index (χ2n) is 6.02. The van der Waals surface area contributed by atoms with Crippen molar-refractivity contribution >= 4 is 0 Å². The van der Waals surface area contributed by atoms with Gasteiger partial charge < -0.3 is 9.64 Å². The Morgan fingerprint density at radius 2 is 2.19 bits per heavy atom. The van der Waals surface area contributed by atoms with Gasteiger partial charge in [-0.3, -0.25) is 0 Å². The highest BCUT2D eigenvalue weighted by Crippen LogP contribution is 2.57. The van der Waals surface area contributed by atoms with Gasteiger partial charge in [0.1, 0.15) is 0 Å². The van der Waals surface area contributed by atoms with Crippen LogP contribution in [0.15, 0.2) is 11.5 Å². The molecule has 3 fully saturated rings. The maximum Gasteiger partial charge on any atom is 0.188 e. The summed E-state index contributed by atoms with van der Waals surface area (Å²) in [6, 6.07) is 0.837. The van der Waals surface area contributed by atoms with Crippen molar-refractivity contribution in [1.29, 1.82) is 0 Å². The molecule has 2 saturated carbocycles. The number of methoxy groups -OCH3 is 1. The van der Waals surface area contributed by atoms with Gasteiger partial charge in [-0.25, -0.2) is 0 Å². The molecule has 0 N–H and O–H groups in total.